The van der Waals surface area contributed by atoms with Crippen molar-refractivity contribution in [2.75, 3.05) is 4.90 Å². The number of rotatable bonds is 4. The highest BCUT2D eigenvalue weighted by Crippen LogP contribution is 2.27. The lowest BCUT2D eigenvalue weighted by Gasteiger charge is -2.18. The summed E-state index contributed by atoms with van der Waals surface area (Å²) in [6, 6.07) is 40.5. The van der Waals surface area contributed by atoms with Gasteiger partial charge in [-0.15, -0.1) is 0 Å². The van der Waals surface area contributed by atoms with E-state index in [1.807, 2.05) is 0 Å². The van der Waals surface area contributed by atoms with Gasteiger partial charge >= 0.3 is 0 Å². The maximum Gasteiger partial charge on any atom is 0.0455 e. The fraction of sp³-hybridized carbons (Fsp3) is 0.0732. The summed E-state index contributed by atoms with van der Waals surface area (Å²) in [5.74, 6) is 0. The molecule has 0 saturated carbocycles. The first-order valence-electron chi connectivity index (χ1n) is 14.8. The molecule has 2 N–H and O–H groups in total. The third-order valence-electron chi connectivity index (χ3n) is 8.11. The van der Waals surface area contributed by atoms with Crippen LogP contribution in [0.1, 0.15) is 35.6 Å². The van der Waals surface area contributed by atoms with E-state index < -0.39 is 0 Å². The summed E-state index contributed by atoms with van der Waals surface area (Å²) in [6.45, 7) is 6.68. The van der Waals surface area contributed by atoms with E-state index in [1.54, 1.807) is 0 Å². The molecular formula is C41H36N2. The van der Waals surface area contributed by atoms with E-state index >= 15 is 0 Å². The summed E-state index contributed by atoms with van der Waals surface area (Å²) in [5.41, 5.74) is 15.2. The van der Waals surface area contributed by atoms with Gasteiger partial charge in [-0.3, -0.25) is 0 Å². The highest BCUT2D eigenvalue weighted by molar-refractivity contribution is 5.97. The van der Waals surface area contributed by atoms with Crippen LogP contribution in [0.3, 0.4) is 0 Å². The van der Waals surface area contributed by atoms with Gasteiger partial charge in [0, 0.05) is 23.8 Å². The van der Waals surface area contributed by atoms with Crippen LogP contribution in [0, 0.1) is 0 Å². The minimum absolute atomic E-state index is 0.770. The van der Waals surface area contributed by atoms with Crippen LogP contribution in [0.15, 0.2) is 146 Å². The third-order valence-corrected chi connectivity index (χ3v) is 8.11. The van der Waals surface area contributed by atoms with E-state index in [-0.39, 0.29) is 0 Å². The molecule has 1 aliphatic heterocycles. The van der Waals surface area contributed by atoms with Crippen molar-refractivity contribution in [3.63, 3.8) is 0 Å². The lowest BCUT2D eigenvalue weighted by atomic mass is 9.94. The van der Waals surface area contributed by atoms with Gasteiger partial charge in [-0.1, -0.05) is 128 Å². The second kappa shape index (κ2) is 12.7. The molecule has 6 rings (SSSR count). The first-order valence-corrected chi connectivity index (χ1v) is 14.8. The van der Waals surface area contributed by atoms with Crippen molar-refractivity contribution < 1.29 is 0 Å². The van der Waals surface area contributed by atoms with E-state index in [1.165, 1.54) is 32.3 Å². The Morgan fingerprint density at radius 1 is 0.814 bits per heavy atom. The van der Waals surface area contributed by atoms with Crippen LogP contribution >= 0.6 is 0 Å². The average molecular weight is 557 g/mol. The summed E-state index contributed by atoms with van der Waals surface area (Å²) in [7, 11) is 0. The van der Waals surface area contributed by atoms with E-state index in [0.29, 0.717) is 0 Å². The Kier molecular flexibility index (Phi) is 8.19. The molecule has 0 amide bonds. The van der Waals surface area contributed by atoms with E-state index in [4.69, 9.17) is 5.73 Å². The quantitative estimate of drug-likeness (QED) is 0.241. The van der Waals surface area contributed by atoms with Gasteiger partial charge in [0.05, 0.1) is 0 Å². The zero-order chi connectivity index (χ0) is 29.6. The number of anilines is 1. The Balaban J connectivity index is 1.33. The Labute approximate surface area is 254 Å². The molecule has 0 unspecified atom stereocenters. The maximum atomic E-state index is 6.64. The Hall–Kier alpha value is -5.34. The van der Waals surface area contributed by atoms with Crippen LogP contribution < -0.4 is 21.1 Å². The molecule has 1 aliphatic rings. The Bertz CT molecular complexity index is 2020. The summed E-state index contributed by atoms with van der Waals surface area (Å²) in [6.07, 6.45) is 14.6. The molecule has 0 spiro atoms. The molecule has 0 radical (unpaired) electrons. The molecule has 2 heteroatoms. The number of hydrogen-bond donors (Lipinski definition) is 1. The molecule has 210 valence electrons. The van der Waals surface area contributed by atoms with Gasteiger partial charge in [0.15, 0.2) is 0 Å². The van der Waals surface area contributed by atoms with Gasteiger partial charge in [0.2, 0.25) is 0 Å². The largest absolute Gasteiger partial charge is 0.398 e. The summed E-state index contributed by atoms with van der Waals surface area (Å²) in [4.78, 5) is 2.16. The molecule has 0 fully saturated rings. The van der Waals surface area contributed by atoms with Crippen molar-refractivity contribution in [1.82, 2.24) is 0 Å². The minimum atomic E-state index is 0.770. The van der Waals surface area contributed by atoms with Crippen molar-refractivity contribution >= 4 is 45.5 Å². The van der Waals surface area contributed by atoms with Crippen molar-refractivity contribution in [3.05, 3.63) is 179 Å². The molecule has 1 heterocycles. The van der Waals surface area contributed by atoms with Crippen LogP contribution in [0.5, 0.6) is 0 Å². The molecule has 0 saturated heterocycles. The number of nitrogens with zero attached hydrogens (tertiary/aromatic N) is 1. The van der Waals surface area contributed by atoms with Gasteiger partial charge in [-0.2, -0.15) is 0 Å². The van der Waals surface area contributed by atoms with Gasteiger partial charge in [0.1, 0.15) is 0 Å². The molecule has 43 heavy (non-hydrogen) atoms. The first kappa shape index (κ1) is 27.8. The van der Waals surface area contributed by atoms with Crippen LogP contribution in [0.25, 0.3) is 39.8 Å². The predicted octanol–water partition coefficient (Wildman–Crippen LogP) is 8.44. The molecule has 5 aromatic rings. The van der Waals surface area contributed by atoms with Crippen molar-refractivity contribution in [3.8, 4) is 0 Å². The molecule has 0 atom stereocenters. The van der Waals surface area contributed by atoms with Gasteiger partial charge in [-0.05, 0) is 92.6 Å². The van der Waals surface area contributed by atoms with Crippen molar-refractivity contribution in [2.24, 2.45) is 5.73 Å². The summed E-state index contributed by atoms with van der Waals surface area (Å²) in [5, 5.41) is 4.93. The van der Waals surface area contributed by atoms with Crippen molar-refractivity contribution in [2.45, 2.75) is 19.8 Å². The topological polar surface area (TPSA) is 29.3 Å². The first-order chi connectivity index (χ1) is 21.1. The van der Waals surface area contributed by atoms with Crippen LogP contribution in [-0.2, 0) is 6.42 Å². The zero-order valence-corrected chi connectivity index (χ0v) is 24.6. The van der Waals surface area contributed by atoms with Gasteiger partial charge in [-0.25, -0.2) is 0 Å². The number of benzene rings is 5. The van der Waals surface area contributed by atoms with Crippen molar-refractivity contribution in [1.29, 1.82) is 0 Å². The fourth-order valence-electron chi connectivity index (χ4n) is 5.61. The second-order valence-corrected chi connectivity index (χ2v) is 10.9. The predicted molar refractivity (Wildman–Crippen MR) is 186 cm³/mol. The third kappa shape index (κ3) is 6.29. The summed E-state index contributed by atoms with van der Waals surface area (Å²) >= 11 is 0. The highest BCUT2D eigenvalue weighted by Gasteiger charge is 2.09. The zero-order valence-electron chi connectivity index (χ0n) is 24.6. The van der Waals surface area contributed by atoms with Crippen LogP contribution in [-0.4, -0.2) is 0 Å². The van der Waals surface area contributed by atoms with Crippen LogP contribution in [0.4, 0.5) is 5.69 Å². The fourth-order valence-corrected chi connectivity index (χ4v) is 5.61. The maximum absolute atomic E-state index is 6.64. The molecule has 0 aliphatic carbocycles. The minimum Gasteiger partial charge on any atom is -0.398 e. The lowest BCUT2D eigenvalue weighted by molar-refractivity contribution is 1.25. The number of nitrogens with two attached hydrogens (primary N) is 1. The average Bonchev–Trinajstić information content (AvgIpc) is 3.07. The normalized spacial score (nSPS) is 16.7. The SMILES string of the molecule is C=C1/C(C)=c2\cccc\c2=C\CC=CN(c2cccc(/C(N)=C/Cc3ccc4ccccc4c3)c2)/C=C\c2ccccc21. The van der Waals surface area contributed by atoms with E-state index in [9.17, 15) is 0 Å². The molecular weight excluding hydrogens is 520 g/mol. The monoisotopic (exact) mass is 556 g/mol. The number of hydrogen-bond acceptors (Lipinski definition) is 2. The number of fused-ring (bicyclic) bond motifs is 3. The second-order valence-electron chi connectivity index (χ2n) is 10.9. The smallest absolute Gasteiger partial charge is 0.0455 e. The number of allylic oxidation sites excluding steroid dienone is 3. The molecule has 2 nitrogen and oxygen atoms in total. The standard InChI is InChI=1S/C41H36N2/c1-30-31(2)40-20-8-6-14-35(40)25-27-43(26-10-9-15-34-13-5-7-19-39(30)34)38-18-11-17-37(29-38)41(42)24-22-32-21-23-33-12-3-4-16-36(33)28-32/h3-8,10-21,23-29H,2,9,22,42H2,1H3/b26-10?,27-25-,34-15-,39-30+,41-24-. The Morgan fingerprint density at radius 3 is 2.51 bits per heavy atom. The van der Waals surface area contributed by atoms with E-state index in [2.05, 4.69) is 170 Å². The molecule has 0 bridgehead atoms. The van der Waals surface area contributed by atoms with Gasteiger partial charge in [0.25, 0.3) is 0 Å². The Morgan fingerprint density at radius 2 is 1.60 bits per heavy atom. The molecule has 5 aromatic carbocycles. The van der Waals surface area contributed by atoms with E-state index in [0.717, 1.165) is 46.5 Å². The molecule has 0 aromatic heterocycles. The highest BCUT2D eigenvalue weighted by atomic mass is 15.1. The lowest BCUT2D eigenvalue weighted by Crippen LogP contribution is -2.26. The van der Waals surface area contributed by atoms with Gasteiger partial charge < -0.3 is 10.6 Å². The van der Waals surface area contributed by atoms with Crippen LogP contribution in [0.2, 0.25) is 0 Å². The summed E-state index contributed by atoms with van der Waals surface area (Å²) < 4.78 is 0.